The van der Waals surface area contributed by atoms with Crippen molar-refractivity contribution in [2.75, 3.05) is 13.1 Å². The topological polar surface area (TPSA) is 21.3 Å². The van der Waals surface area contributed by atoms with Gasteiger partial charge in [0.2, 0.25) is 0 Å². The van der Waals surface area contributed by atoms with Crippen LogP contribution in [0.3, 0.4) is 0 Å². The molecule has 3 heteroatoms. The Balaban J connectivity index is 2.50. The van der Waals surface area contributed by atoms with E-state index in [1.807, 2.05) is 24.3 Å². The van der Waals surface area contributed by atoms with Crippen LogP contribution in [-0.4, -0.2) is 19.2 Å². The molecule has 0 radical (unpaired) electrons. The van der Waals surface area contributed by atoms with Gasteiger partial charge in [-0.3, -0.25) is 0 Å². The SMILES string of the molecule is CCNCC(CC)Oc1cccc(Cl)c1. The Morgan fingerprint density at radius 1 is 1.40 bits per heavy atom. The molecule has 0 saturated carbocycles. The first-order chi connectivity index (χ1) is 7.26. The number of benzene rings is 1. The Morgan fingerprint density at radius 3 is 2.80 bits per heavy atom. The lowest BCUT2D eigenvalue weighted by Gasteiger charge is -2.17. The number of halogens is 1. The summed E-state index contributed by atoms with van der Waals surface area (Å²) in [6, 6.07) is 7.52. The second-order valence-corrected chi connectivity index (χ2v) is 3.85. The zero-order chi connectivity index (χ0) is 11.1. The van der Waals surface area contributed by atoms with Crippen molar-refractivity contribution in [3.63, 3.8) is 0 Å². The van der Waals surface area contributed by atoms with Crippen LogP contribution >= 0.6 is 11.6 Å². The summed E-state index contributed by atoms with van der Waals surface area (Å²) in [4.78, 5) is 0. The van der Waals surface area contributed by atoms with Crippen LogP contribution in [0.25, 0.3) is 0 Å². The van der Waals surface area contributed by atoms with E-state index < -0.39 is 0 Å². The summed E-state index contributed by atoms with van der Waals surface area (Å²) >= 11 is 5.88. The van der Waals surface area contributed by atoms with Gasteiger partial charge in [0.05, 0.1) is 0 Å². The third-order valence-electron chi connectivity index (χ3n) is 2.18. The molecule has 0 aliphatic rings. The molecular weight excluding hydrogens is 210 g/mol. The number of hydrogen-bond donors (Lipinski definition) is 1. The molecule has 0 aliphatic carbocycles. The Morgan fingerprint density at radius 2 is 2.20 bits per heavy atom. The van der Waals surface area contributed by atoms with Gasteiger partial charge in [0.15, 0.2) is 0 Å². The number of ether oxygens (including phenoxy) is 1. The quantitative estimate of drug-likeness (QED) is 0.807. The highest BCUT2D eigenvalue weighted by atomic mass is 35.5. The maximum atomic E-state index is 5.88. The predicted molar refractivity (Wildman–Crippen MR) is 64.7 cm³/mol. The smallest absolute Gasteiger partial charge is 0.121 e. The predicted octanol–water partition coefficient (Wildman–Crippen LogP) is 3.11. The highest BCUT2D eigenvalue weighted by Crippen LogP contribution is 2.18. The molecule has 0 aromatic heterocycles. The van der Waals surface area contributed by atoms with E-state index in [0.717, 1.165) is 25.3 Å². The minimum absolute atomic E-state index is 0.211. The zero-order valence-corrected chi connectivity index (χ0v) is 10.1. The van der Waals surface area contributed by atoms with E-state index in [0.29, 0.717) is 5.02 Å². The molecular formula is C12H18ClNO. The Bertz CT molecular complexity index is 291. The molecule has 1 N–H and O–H groups in total. The molecule has 1 aromatic carbocycles. The largest absolute Gasteiger partial charge is 0.489 e. The fourth-order valence-corrected chi connectivity index (χ4v) is 1.49. The van der Waals surface area contributed by atoms with Crippen LogP contribution in [0.4, 0.5) is 0 Å². The van der Waals surface area contributed by atoms with Crippen LogP contribution in [0.5, 0.6) is 5.75 Å². The van der Waals surface area contributed by atoms with E-state index in [-0.39, 0.29) is 6.10 Å². The fourth-order valence-electron chi connectivity index (χ4n) is 1.31. The van der Waals surface area contributed by atoms with Crippen molar-refractivity contribution in [3.05, 3.63) is 29.3 Å². The minimum Gasteiger partial charge on any atom is -0.489 e. The molecule has 0 spiro atoms. The number of rotatable bonds is 6. The highest BCUT2D eigenvalue weighted by molar-refractivity contribution is 6.30. The van der Waals surface area contributed by atoms with Crippen molar-refractivity contribution in [2.45, 2.75) is 26.4 Å². The molecule has 1 atom stereocenters. The van der Waals surface area contributed by atoms with Gasteiger partial charge in [-0.15, -0.1) is 0 Å². The van der Waals surface area contributed by atoms with Gasteiger partial charge in [-0.1, -0.05) is 31.5 Å². The molecule has 0 amide bonds. The van der Waals surface area contributed by atoms with E-state index in [1.54, 1.807) is 0 Å². The van der Waals surface area contributed by atoms with Gasteiger partial charge in [0.25, 0.3) is 0 Å². The van der Waals surface area contributed by atoms with Gasteiger partial charge in [-0.25, -0.2) is 0 Å². The average Bonchev–Trinajstić information content (AvgIpc) is 2.24. The summed E-state index contributed by atoms with van der Waals surface area (Å²) < 4.78 is 5.80. The van der Waals surface area contributed by atoms with Crippen LogP contribution in [-0.2, 0) is 0 Å². The molecule has 2 nitrogen and oxygen atoms in total. The second kappa shape index (κ2) is 6.70. The van der Waals surface area contributed by atoms with Gasteiger partial charge >= 0.3 is 0 Å². The monoisotopic (exact) mass is 227 g/mol. The van der Waals surface area contributed by atoms with E-state index in [9.17, 15) is 0 Å². The number of nitrogens with one attached hydrogen (secondary N) is 1. The molecule has 0 fully saturated rings. The Labute approximate surface area is 96.6 Å². The zero-order valence-electron chi connectivity index (χ0n) is 9.29. The van der Waals surface area contributed by atoms with Gasteiger partial charge in [-0.2, -0.15) is 0 Å². The van der Waals surface area contributed by atoms with Gasteiger partial charge < -0.3 is 10.1 Å². The summed E-state index contributed by atoms with van der Waals surface area (Å²) in [5, 5.41) is 3.99. The molecule has 1 aromatic rings. The first-order valence-corrected chi connectivity index (χ1v) is 5.77. The highest BCUT2D eigenvalue weighted by Gasteiger charge is 2.06. The van der Waals surface area contributed by atoms with E-state index in [4.69, 9.17) is 16.3 Å². The van der Waals surface area contributed by atoms with Crippen LogP contribution in [0, 0.1) is 0 Å². The second-order valence-electron chi connectivity index (χ2n) is 3.41. The molecule has 0 saturated heterocycles. The third kappa shape index (κ3) is 4.54. The van der Waals surface area contributed by atoms with Crippen molar-refractivity contribution in [1.82, 2.24) is 5.32 Å². The first kappa shape index (κ1) is 12.3. The van der Waals surface area contributed by atoms with Crippen LogP contribution in [0.1, 0.15) is 20.3 Å². The van der Waals surface area contributed by atoms with E-state index in [2.05, 4.69) is 19.2 Å². The Hall–Kier alpha value is -0.730. The van der Waals surface area contributed by atoms with Crippen molar-refractivity contribution >= 4 is 11.6 Å². The summed E-state index contributed by atoms with van der Waals surface area (Å²) in [6.07, 6.45) is 1.20. The third-order valence-corrected chi connectivity index (χ3v) is 2.41. The summed E-state index contributed by atoms with van der Waals surface area (Å²) in [6.45, 7) is 6.05. The lowest BCUT2D eigenvalue weighted by atomic mass is 10.2. The molecule has 0 heterocycles. The van der Waals surface area contributed by atoms with Gasteiger partial charge in [0.1, 0.15) is 11.9 Å². The molecule has 84 valence electrons. The van der Waals surface area contributed by atoms with Crippen molar-refractivity contribution < 1.29 is 4.74 Å². The normalized spacial score (nSPS) is 12.5. The van der Waals surface area contributed by atoms with Crippen molar-refractivity contribution in [2.24, 2.45) is 0 Å². The van der Waals surface area contributed by atoms with Crippen molar-refractivity contribution in [1.29, 1.82) is 0 Å². The van der Waals surface area contributed by atoms with E-state index >= 15 is 0 Å². The Kier molecular flexibility index (Phi) is 5.51. The summed E-state index contributed by atoms with van der Waals surface area (Å²) in [7, 11) is 0. The molecule has 15 heavy (non-hydrogen) atoms. The standard InChI is InChI=1S/C12H18ClNO/c1-3-11(9-14-4-2)15-12-7-5-6-10(13)8-12/h5-8,11,14H,3-4,9H2,1-2H3. The molecule has 1 unspecified atom stereocenters. The van der Waals surface area contributed by atoms with Gasteiger partial charge in [0, 0.05) is 11.6 Å². The number of hydrogen-bond acceptors (Lipinski definition) is 2. The average molecular weight is 228 g/mol. The van der Waals surface area contributed by atoms with Crippen LogP contribution in [0.15, 0.2) is 24.3 Å². The lowest BCUT2D eigenvalue weighted by Crippen LogP contribution is -2.30. The molecule has 1 rings (SSSR count). The van der Waals surface area contributed by atoms with Crippen LogP contribution < -0.4 is 10.1 Å². The molecule has 0 aliphatic heterocycles. The maximum absolute atomic E-state index is 5.88. The van der Waals surface area contributed by atoms with Crippen molar-refractivity contribution in [3.8, 4) is 5.75 Å². The van der Waals surface area contributed by atoms with E-state index in [1.165, 1.54) is 0 Å². The molecule has 0 bridgehead atoms. The summed E-state index contributed by atoms with van der Waals surface area (Å²) in [5.41, 5.74) is 0. The van der Waals surface area contributed by atoms with Gasteiger partial charge in [-0.05, 0) is 31.2 Å². The maximum Gasteiger partial charge on any atom is 0.121 e. The summed E-state index contributed by atoms with van der Waals surface area (Å²) in [5.74, 6) is 0.840. The fraction of sp³-hybridized carbons (Fsp3) is 0.500. The number of likely N-dealkylation sites (N-methyl/N-ethyl adjacent to an activating group) is 1. The van der Waals surface area contributed by atoms with Crippen LogP contribution in [0.2, 0.25) is 5.02 Å². The minimum atomic E-state index is 0.211. The first-order valence-electron chi connectivity index (χ1n) is 5.39. The lowest BCUT2D eigenvalue weighted by molar-refractivity contribution is 0.194.